The number of methoxy groups -OCH3 is 1. The third kappa shape index (κ3) is 2.81. The summed E-state index contributed by atoms with van der Waals surface area (Å²) in [5, 5.41) is 12.5. The van der Waals surface area contributed by atoms with Gasteiger partial charge in [0.15, 0.2) is 5.75 Å². The third-order valence-electron chi connectivity index (χ3n) is 3.89. The summed E-state index contributed by atoms with van der Waals surface area (Å²) in [5.74, 6) is 0.800. The maximum absolute atomic E-state index is 5.48. The van der Waals surface area contributed by atoms with Crippen LogP contribution in [-0.4, -0.2) is 33.2 Å². The van der Waals surface area contributed by atoms with Crippen LogP contribution in [0.3, 0.4) is 0 Å². The zero-order valence-electron chi connectivity index (χ0n) is 13.8. The SMILES string of the molecule is CCCNC(c1c(C)nn(C)c1C)c1c(OC)cnn1C. The highest BCUT2D eigenvalue weighted by Crippen LogP contribution is 2.32. The summed E-state index contributed by atoms with van der Waals surface area (Å²) in [6.07, 6.45) is 2.83. The molecule has 21 heavy (non-hydrogen) atoms. The first kappa shape index (κ1) is 15.6. The average Bonchev–Trinajstić information content (AvgIpc) is 2.94. The Balaban J connectivity index is 2.55. The molecule has 0 aromatic carbocycles. The second-order valence-corrected chi connectivity index (χ2v) is 5.32. The van der Waals surface area contributed by atoms with Crippen LogP contribution in [-0.2, 0) is 14.1 Å². The highest BCUT2D eigenvalue weighted by molar-refractivity contribution is 5.40. The van der Waals surface area contributed by atoms with Crippen molar-refractivity contribution in [2.45, 2.75) is 33.2 Å². The minimum absolute atomic E-state index is 0.0288. The summed E-state index contributed by atoms with van der Waals surface area (Å²) < 4.78 is 9.28. The first-order valence-corrected chi connectivity index (χ1v) is 7.30. The molecule has 0 aliphatic rings. The summed E-state index contributed by atoms with van der Waals surface area (Å²) in [6, 6.07) is 0.0288. The number of hydrogen-bond acceptors (Lipinski definition) is 4. The van der Waals surface area contributed by atoms with E-state index in [4.69, 9.17) is 4.74 Å². The molecule has 0 saturated carbocycles. The molecule has 1 atom stereocenters. The van der Waals surface area contributed by atoms with Gasteiger partial charge < -0.3 is 10.1 Å². The zero-order chi connectivity index (χ0) is 15.6. The number of ether oxygens (including phenoxy) is 1. The van der Waals surface area contributed by atoms with Crippen LogP contribution < -0.4 is 10.1 Å². The Morgan fingerprint density at radius 1 is 1.29 bits per heavy atom. The molecule has 1 N–H and O–H groups in total. The van der Waals surface area contributed by atoms with Gasteiger partial charge in [-0.15, -0.1) is 0 Å². The molecule has 0 saturated heterocycles. The molecule has 0 radical (unpaired) electrons. The quantitative estimate of drug-likeness (QED) is 0.882. The summed E-state index contributed by atoms with van der Waals surface area (Å²) in [6.45, 7) is 7.23. The van der Waals surface area contributed by atoms with Gasteiger partial charge in [0.05, 0.1) is 25.0 Å². The molecule has 0 spiro atoms. The van der Waals surface area contributed by atoms with Gasteiger partial charge in [-0.1, -0.05) is 6.92 Å². The van der Waals surface area contributed by atoms with E-state index in [1.54, 1.807) is 13.3 Å². The zero-order valence-corrected chi connectivity index (χ0v) is 13.8. The molecule has 1 unspecified atom stereocenters. The molecule has 2 rings (SSSR count). The minimum atomic E-state index is 0.0288. The maximum Gasteiger partial charge on any atom is 0.161 e. The Bertz CT molecular complexity index is 614. The van der Waals surface area contributed by atoms with Gasteiger partial charge in [-0.2, -0.15) is 10.2 Å². The lowest BCUT2D eigenvalue weighted by atomic mass is 10.0. The molecule has 2 aromatic heterocycles. The lowest BCUT2D eigenvalue weighted by Gasteiger charge is -2.21. The van der Waals surface area contributed by atoms with Crippen LogP contribution in [0.5, 0.6) is 5.75 Å². The standard InChI is InChI=1S/C15H25N5O/c1-7-8-16-14(13-10(2)18-19(4)11(13)3)15-12(21-6)9-17-20(15)5/h9,14,16H,7-8H2,1-6H3. The van der Waals surface area contributed by atoms with E-state index in [9.17, 15) is 0 Å². The number of rotatable bonds is 6. The molecule has 0 amide bonds. The van der Waals surface area contributed by atoms with Crippen LogP contribution in [0.4, 0.5) is 0 Å². The van der Waals surface area contributed by atoms with Gasteiger partial charge in [0, 0.05) is 25.4 Å². The molecular formula is C15H25N5O. The van der Waals surface area contributed by atoms with E-state index in [2.05, 4.69) is 29.4 Å². The number of nitrogens with zero attached hydrogens (tertiary/aromatic N) is 4. The van der Waals surface area contributed by atoms with Crippen LogP contribution in [0.25, 0.3) is 0 Å². The predicted molar refractivity (Wildman–Crippen MR) is 82.6 cm³/mol. The average molecular weight is 291 g/mol. The van der Waals surface area contributed by atoms with Gasteiger partial charge in [-0.25, -0.2) is 0 Å². The molecule has 6 heteroatoms. The van der Waals surface area contributed by atoms with Crippen molar-refractivity contribution < 1.29 is 4.74 Å². The number of hydrogen-bond donors (Lipinski definition) is 1. The van der Waals surface area contributed by atoms with Gasteiger partial charge in [0.25, 0.3) is 0 Å². The van der Waals surface area contributed by atoms with E-state index < -0.39 is 0 Å². The predicted octanol–water partition coefficient (Wildman–Crippen LogP) is 1.87. The van der Waals surface area contributed by atoms with Crippen molar-refractivity contribution >= 4 is 0 Å². The molecule has 0 bridgehead atoms. The molecule has 2 aromatic rings. The van der Waals surface area contributed by atoms with E-state index >= 15 is 0 Å². The Morgan fingerprint density at radius 3 is 2.52 bits per heavy atom. The minimum Gasteiger partial charge on any atom is -0.493 e. The van der Waals surface area contributed by atoms with E-state index in [1.807, 2.05) is 30.4 Å². The van der Waals surface area contributed by atoms with Crippen molar-refractivity contribution in [2.24, 2.45) is 14.1 Å². The van der Waals surface area contributed by atoms with Gasteiger partial charge >= 0.3 is 0 Å². The van der Waals surface area contributed by atoms with Crippen molar-refractivity contribution in [2.75, 3.05) is 13.7 Å². The maximum atomic E-state index is 5.48. The summed E-state index contributed by atoms with van der Waals surface area (Å²) in [4.78, 5) is 0. The molecule has 0 aliphatic heterocycles. The van der Waals surface area contributed by atoms with Crippen LogP contribution in [0.1, 0.15) is 42.0 Å². The summed E-state index contributed by atoms with van der Waals surface area (Å²) in [7, 11) is 5.60. The second kappa shape index (κ2) is 6.30. The summed E-state index contributed by atoms with van der Waals surface area (Å²) >= 11 is 0. The molecule has 0 aliphatic carbocycles. The van der Waals surface area contributed by atoms with Gasteiger partial charge in [0.1, 0.15) is 5.69 Å². The van der Waals surface area contributed by atoms with Crippen LogP contribution in [0.15, 0.2) is 6.20 Å². The smallest absolute Gasteiger partial charge is 0.161 e. The Kier molecular flexibility index (Phi) is 4.67. The fraction of sp³-hybridized carbons (Fsp3) is 0.600. The van der Waals surface area contributed by atoms with Gasteiger partial charge in [-0.3, -0.25) is 9.36 Å². The number of aryl methyl sites for hydroxylation is 3. The molecule has 2 heterocycles. The van der Waals surface area contributed by atoms with E-state index in [-0.39, 0.29) is 6.04 Å². The molecule has 0 fully saturated rings. The topological polar surface area (TPSA) is 56.9 Å². The van der Waals surface area contributed by atoms with Crippen LogP contribution in [0.2, 0.25) is 0 Å². The Morgan fingerprint density at radius 2 is 2.00 bits per heavy atom. The lowest BCUT2D eigenvalue weighted by molar-refractivity contribution is 0.400. The molecule has 6 nitrogen and oxygen atoms in total. The van der Waals surface area contributed by atoms with Gasteiger partial charge in [-0.05, 0) is 26.8 Å². The number of nitrogens with one attached hydrogen (secondary N) is 1. The molecular weight excluding hydrogens is 266 g/mol. The fourth-order valence-electron chi connectivity index (χ4n) is 2.75. The fourth-order valence-corrected chi connectivity index (χ4v) is 2.75. The first-order chi connectivity index (χ1) is 10.0. The van der Waals surface area contributed by atoms with Crippen LogP contribution in [0, 0.1) is 13.8 Å². The highest BCUT2D eigenvalue weighted by atomic mass is 16.5. The molecule has 116 valence electrons. The van der Waals surface area contributed by atoms with E-state index in [0.717, 1.165) is 35.8 Å². The second-order valence-electron chi connectivity index (χ2n) is 5.32. The highest BCUT2D eigenvalue weighted by Gasteiger charge is 2.27. The van der Waals surface area contributed by atoms with Crippen molar-refractivity contribution in [1.29, 1.82) is 0 Å². The number of aromatic nitrogens is 4. The van der Waals surface area contributed by atoms with Crippen molar-refractivity contribution in [3.8, 4) is 5.75 Å². The Labute approximate surface area is 126 Å². The van der Waals surface area contributed by atoms with Crippen LogP contribution >= 0.6 is 0 Å². The first-order valence-electron chi connectivity index (χ1n) is 7.30. The van der Waals surface area contributed by atoms with Crippen molar-refractivity contribution in [3.05, 3.63) is 28.8 Å². The van der Waals surface area contributed by atoms with Gasteiger partial charge in [0.2, 0.25) is 0 Å². The van der Waals surface area contributed by atoms with E-state index in [0.29, 0.717) is 0 Å². The Hall–Kier alpha value is -1.82. The van der Waals surface area contributed by atoms with Crippen molar-refractivity contribution in [3.63, 3.8) is 0 Å². The normalized spacial score (nSPS) is 12.7. The third-order valence-corrected chi connectivity index (χ3v) is 3.89. The lowest BCUT2D eigenvalue weighted by Crippen LogP contribution is -2.26. The largest absolute Gasteiger partial charge is 0.493 e. The van der Waals surface area contributed by atoms with Crippen molar-refractivity contribution in [1.82, 2.24) is 24.9 Å². The summed E-state index contributed by atoms with van der Waals surface area (Å²) in [5.41, 5.74) is 4.43. The monoisotopic (exact) mass is 291 g/mol. The van der Waals surface area contributed by atoms with E-state index in [1.165, 1.54) is 5.56 Å².